The molecule has 0 bridgehead atoms. The minimum Gasteiger partial charge on any atom is -0.345 e. The summed E-state index contributed by atoms with van der Waals surface area (Å²) in [5, 5.41) is 1.17. The van der Waals surface area contributed by atoms with Crippen molar-refractivity contribution in [2.24, 2.45) is 5.73 Å². The van der Waals surface area contributed by atoms with E-state index in [9.17, 15) is 0 Å². The first-order valence-corrected chi connectivity index (χ1v) is 8.18. The molecule has 1 saturated heterocycles. The highest BCUT2D eigenvalue weighted by Crippen LogP contribution is 2.28. The van der Waals surface area contributed by atoms with E-state index in [1.807, 2.05) is 0 Å². The van der Waals surface area contributed by atoms with Gasteiger partial charge in [0.15, 0.2) is 5.13 Å². The number of thiazole rings is 1. The van der Waals surface area contributed by atoms with E-state index in [4.69, 9.17) is 10.7 Å². The van der Waals surface area contributed by atoms with Crippen LogP contribution in [0.25, 0.3) is 0 Å². The zero-order chi connectivity index (χ0) is 13.8. The van der Waals surface area contributed by atoms with Crippen LogP contribution in [-0.2, 0) is 13.0 Å². The average Bonchev–Trinajstić information content (AvgIpc) is 2.82. The summed E-state index contributed by atoms with van der Waals surface area (Å²) in [7, 11) is 0. The van der Waals surface area contributed by atoms with Crippen LogP contribution in [0.3, 0.4) is 0 Å². The van der Waals surface area contributed by atoms with Gasteiger partial charge >= 0.3 is 0 Å². The van der Waals surface area contributed by atoms with Crippen LogP contribution in [0.2, 0.25) is 0 Å². The van der Waals surface area contributed by atoms with E-state index < -0.39 is 0 Å². The molecule has 0 radical (unpaired) electrons. The van der Waals surface area contributed by atoms with Gasteiger partial charge in [-0.2, -0.15) is 0 Å². The molecular weight excluding hydrogens is 256 g/mol. The van der Waals surface area contributed by atoms with E-state index in [-0.39, 0.29) is 0 Å². The van der Waals surface area contributed by atoms with Gasteiger partial charge in [-0.05, 0) is 19.9 Å². The van der Waals surface area contributed by atoms with E-state index in [0.29, 0.717) is 12.6 Å². The molecule has 2 heterocycles. The highest BCUT2D eigenvalue weighted by molar-refractivity contribution is 7.15. The maximum absolute atomic E-state index is 5.84. The lowest BCUT2D eigenvalue weighted by Crippen LogP contribution is -2.51. The van der Waals surface area contributed by atoms with Gasteiger partial charge < -0.3 is 10.6 Å². The Morgan fingerprint density at radius 2 is 2.16 bits per heavy atom. The molecule has 1 atom stereocenters. The molecule has 0 amide bonds. The molecule has 4 nitrogen and oxygen atoms in total. The van der Waals surface area contributed by atoms with Gasteiger partial charge in [0.05, 0.1) is 5.69 Å². The van der Waals surface area contributed by atoms with Crippen molar-refractivity contribution in [1.29, 1.82) is 0 Å². The summed E-state index contributed by atoms with van der Waals surface area (Å²) in [6.45, 7) is 11.8. The minimum atomic E-state index is 0.610. The fourth-order valence-electron chi connectivity index (χ4n) is 2.74. The Hall–Kier alpha value is -0.650. The number of aryl methyl sites for hydroxylation is 1. The lowest BCUT2D eigenvalue weighted by Gasteiger charge is -2.39. The summed E-state index contributed by atoms with van der Waals surface area (Å²) in [4.78, 5) is 11.1. The maximum Gasteiger partial charge on any atom is 0.185 e. The normalized spacial score (nSPS) is 21.1. The Labute approximate surface area is 120 Å². The van der Waals surface area contributed by atoms with Crippen LogP contribution in [-0.4, -0.2) is 42.1 Å². The van der Waals surface area contributed by atoms with E-state index in [1.165, 1.54) is 15.7 Å². The molecule has 0 aromatic carbocycles. The third-order valence-electron chi connectivity index (χ3n) is 3.88. The second-order valence-corrected chi connectivity index (χ2v) is 6.31. The van der Waals surface area contributed by atoms with Crippen molar-refractivity contribution in [2.45, 2.75) is 46.2 Å². The zero-order valence-corrected chi connectivity index (χ0v) is 13.2. The standard InChI is InChI=1S/C14H26N4S/c1-4-6-12-13(9-15)19-14(16-12)18-8-7-17(5-2)11(3)10-18/h11H,4-10,15H2,1-3H3. The van der Waals surface area contributed by atoms with Gasteiger partial charge in [0.2, 0.25) is 0 Å². The number of nitrogens with zero attached hydrogens (tertiary/aromatic N) is 3. The van der Waals surface area contributed by atoms with Crippen LogP contribution in [0.5, 0.6) is 0 Å². The van der Waals surface area contributed by atoms with Crippen LogP contribution < -0.4 is 10.6 Å². The second kappa shape index (κ2) is 6.68. The average molecular weight is 282 g/mol. The second-order valence-electron chi connectivity index (χ2n) is 5.24. The third kappa shape index (κ3) is 3.27. The summed E-state index contributed by atoms with van der Waals surface area (Å²) in [5.74, 6) is 0. The Bertz CT molecular complexity index is 404. The predicted octanol–water partition coefficient (Wildman–Crippen LogP) is 2.08. The zero-order valence-electron chi connectivity index (χ0n) is 12.4. The topological polar surface area (TPSA) is 45.4 Å². The molecule has 1 aromatic heterocycles. The molecule has 0 spiro atoms. The van der Waals surface area contributed by atoms with E-state index >= 15 is 0 Å². The number of likely N-dealkylation sites (N-methyl/N-ethyl adjacent to an activating group) is 1. The molecule has 1 aliphatic rings. The number of aromatic nitrogens is 1. The number of hydrogen-bond acceptors (Lipinski definition) is 5. The molecule has 1 fully saturated rings. The maximum atomic E-state index is 5.84. The number of hydrogen-bond donors (Lipinski definition) is 1. The molecule has 1 unspecified atom stereocenters. The first-order chi connectivity index (χ1) is 9.19. The van der Waals surface area contributed by atoms with Crippen molar-refractivity contribution < 1.29 is 0 Å². The van der Waals surface area contributed by atoms with Crippen LogP contribution in [0.15, 0.2) is 0 Å². The van der Waals surface area contributed by atoms with Gasteiger partial charge in [0.25, 0.3) is 0 Å². The molecular formula is C14H26N4S. The first kappa shape index (κ1) is 14.8. The molecule has 0 aliphatic carbocycles. The van der Waals surface area contributed by atoms with Crippen molar-refractivity contribution in [3.05, 3.63) is 10.6 Å². The van der Waals surface area contributed by atoms with Gasteiger partial charge in [0.1, 0.15) is 0 Å². The monoisotopic (exact) mass is 282 g/mol. The van der Waals surface area contributed by atoms with Gasteiger partial charge in [0, 0.05) is 37.1 Å². The van der Waals surface area contributed by atoms with Crippen molar-refractivity contribution in [3.63, 3.8) is 0 Å². The van der Waals surface area contributed by atoms with Crippen LogP contribution in [0.1, 0.15) is 37.8 Å². The van der Waals surface area contributed by atoms with E-state index in [2.05, 4.69) is 30.6 Å². The van der Waals surface area contributed by atoms with Gasteiger partial charge in [-0.3, -0.25) is 4.90 Å². The molecule has 19 heavy (non-hydrogen) atoms. The predicted molar refractivity (Wildman–Crippen MR) is 82.9 cm³/mol. The summed E-state index contributed by atoms with van der Waals surface area (Å²) < 4.78 is 0. The number of piperazine rings is 1. The van der Waals surface area contributed by atoms with Crippen molar-refractivity contribution in [2.75, 3.05) is 31.1 Å². The fraction of sp³-hybridized carbons (Fsp3) is 0.786. The van der Waals surface area contributed by atoms with Gasteiger partial charge in [-0.15, -0.1) is 11.3 Å². The van der Waals surface area contributed by atoms with E-state index in [1.54, 1.807) is 11.3 Å². The highest BCUT2D eigenvalue weighted by Gasteiger charge is 2.25. The SMILES string of the molecule is CCCc1nc(N2CCN(CC)C(C)C2)sc1CN. The number of anilines is 1. The largest absolute Gasteiger partial charge is 0.345 e. The quantitative estimate of drug-likeness (QED) is 0.898. The van der Waals surface area contributed by atoms with Crippen LogP contribution >= 0.6 is 11.3 Å². The van der Waals surface area contributed by atoms with Crippen molar-refractivity contribution in [1.82, 2.24) is 9.88 Å². The summed E-state index contributed by atoms with van der Waals surface area (Å²) in [6, 6.07) is 0.610. The Morgan fingerprint density at radius 1 is 1.37 bits per heavy atom. The summed E-state index contributed by atoms with van der Waals surface area (Å²) >= 11 is 1.79. The molecule has 1 aliphatic heterocycles. The Balaban J connectivity index is 2.10. The Morgan fingerprint density at radius 3 is 2.74 bits per heavy atom. The minimum absolute atomic E-state index is 0.610. The number of rotatable bonds is 5. The molecule has 2 rings (SSSR count). The van der Waals surface area contributed by atoms with Gasteiger partial charge in [-0.25, -0.2) is 4.98 Å². The van der Waals surface area contributed by atoms with Crippen molar-refractivity contribution >= 4 is 16.5 Å². The lowest BCUT2D eigenvalue weighted by molar-refractivity contribution is 0.199. The molecule has 108 valence electrons. The molecule has 2 N–H and O–H groups in total. The molecule has 5 heteroatoms. The smallest absolute Gasteiger partial charge is 0.185 e. The fourth-order valence-corrected chi connectivity index (χ4v) is 3.76. The third-order valence-corrected chi connectivity index (χ3v) is 5.06. The summed E-state index contributed by atoms with van der Waals surface area (Å²) in [5.41, 5.74) is 7.06. The van der Waals surface area contributed by atoms with Crippen molar-refractivity contribution in [3.8, 4) is 0 Å². The van der Waals surface area contributed by atoms with Crippen LogP contribution in [0.4, 0.5) is 5.13 Å². The number of nitrogens with two attached hydrogens (primary N) is 1. The lowest BCUT2D eigenvalue weighted by atomic mass is 10.2. The van der Waals surface area contributed by atoms with Crippen LogP contribution in [0, 0.1) is 0 Å². The first-order valence-electron chi connectivity index (χ1n) is 7.37. The Kier molecular flexibility index (Phi) is 5.19. The van der Waals surface area contributed by atoms with Gasteiger partial charge in [-0.1, -0.05) is 20.3 Å². The molecule has 1 aromatic rings. The van der Waals surface area contributed by atoms with E-state index in [0.717, 1.165) is 39.0 Å². The molecule has 0 saturated carbocycles. The highest BCUT2D eigenvalue weighted by atomic mass is 32.1. The summed E-state index contributed by atoms with van der Waals surface area (Å²) in [6.07, 6.45) is 2.18.